The number of pyridine rings is 1. The van der Waals surface area contributed by atoms with E-state index in [1.807, 2.05) is 18.3 Å². The van der Waals surface area contributed by atoms with Crippen LogP contribution in [0.1, 0.15) is 26.5 Å². The Morgan fingerprint density at radius 3 is 2.55 bits per heavy atom. The molecule has 4 heteroatoms. The lowest BCUT2D eigenvalue weighted by Crippen LogP contribution is -2.27. The Labute approximate surface area is 117 Å². The lowest BCUT2D eigenvalue weighted by Gasteiger charge is -2.21. The molecule has 2 aromatic heterocycles. The fourth-order valence-corrected chi connectivity index (χ4v) is 2.60. The summed E-state index contributed by atoms with van der Waals surface area (Å²) in [6.07, 6.45) is 3.57. The average molecular weight is 267 g/mol. The van der Waals surface area contributed by atoms with Gasteiger partial charge in [-0.3, -0.25) is 9.55 Å². The van der Waals surface area contributed by atoms with E-state index in [1.165, 1.54) is 0 Å². The Morgan fingerprint density at radius 2 is 1.85 bits per heavy atom. The minimum absolute atomic E-state index is 0.179. The van der Waals surface area contributed by atoms with Crippen LogP contribution in [0.4, 0.5) is 0 Å². The first-order valence-electron chi connectivity index (χ1n) is 6.63. The van der Waals surface area contributed by atoms with Crippen LogP contribution in [0.5, 0.6) is 0 Å². The fourth-order valence-electron chi connectivity index (χ4n) is 2.60. The number of benzene rings is 1. The van der Waals surface area contributed by atoms with Crippen molar-refractivity contribution in [3.8, 4) is 0 Å². The van der Waals surface area contributed by atoms with Gasteiger partial charge in [0.1, 0.15) is 0 Å². The van der Waals surface area contributed by atoms with Crippen molar-refractivity contribution in [1.29, 1.82) is 0 Å². The molecule has 102 valence electrons. The first kappa shape index (κ1) is 12.8. The molecule has 0 spiro atoms. The van der Waals surface area contributed by atoms with Gasteiger partial charge in [-0.05, 0) is 11.5 Å². The highest BCUT2D eigenvalue weighted by molar-refractivity contribution is 6.05. The van der Waals surface area contributed by atoms with Crippen LogP contribution in [0, 0.1) is 0 Å². The van der Waals surface area contributed by atoms with E-state index in [1.54, 1.807) is 17.8 Å². The zero-order valence-corrected chi connectivity index (χ0v) is 12.1. The van der Waals surface area contributed by atoms with Crippen LogP contribution in [-0.2, 0) is 12.5 Å². The second kappa shape index (κ2) is 4.13. The Bertz CT molecular complexity index is 872. The third-order valence-electron chi connectivity index (χ3n) is 3.59. The number of hydrogen-bond donors (Lipinski definition) is 0. The van der Waals surface area contributed by atoms with Crippen LogP contribution in [-0.4, -0.2) is 14.5 Å². The van der Waals surface area contributed by atoms with Gasteiger partial charge < -0.3 is 0 Å². The van der Waals surface area contributed by atoms with Crippen molar-refractivity contribution < 1.29 is 0 Å². The molecule has 0 aliphatic rings. The second-order valence-corrected chi connectivity index (χ2v) is 6.11. The third kappa shape index (κ3) is 1.80. The summed E-state index contributed by atoms with van der Waals surface area (Å²) in [7, 11) is 1.76. The van der Waals surface area contributed by atoms with Crippen molar-refractivity contribution in [3.05, 3.63) is 46.8 Å². The molecule has 3 aromatic rings. The number of hydrogen-bond acceptors (Lipinski definition) is 3. The maximum Gasteiger partial charge on any atom is 0.348 e. The largest absolute Gasteiger partial charge is 0.348 e. The van der Waals surface area contributed by atoms with E-state index in [9.17, 15) is 4.79 Å². The Kier molecular flexibility index (Phi) is 2.64. The molecule has 0 N–H and O–H groups in total. The van der Waals surface area contributed by atoms with Crippen LogP contribution in [0.15, 0.2) is 35.4 Å². The van der Waals surface area contributed by atoms with E-state index >= 15 is 0 Å². The summed E-state index contributed by atoms with van der Waals surface area (Å²) >= 11 is 0. The zero-order valence-electron chi connectivity index (χ0n) is 12.1. The molecule has 0 amide bonds. The van der Waals surface area contributed by atoms with Gasteiger partial charge in [0.15, 0.2) is 0 Å². The van der Waals surface area contributed by atoms with Crippen LogP contribution in [0.3, 0.4) is 0 Å². The molecule has 0 saturated heterocycles. The van der Waals surface area contributed by atoms with Crippen LogP contribution in [0.25, 0.3) is 21.7 Å². The molecule has 3 rings (SSSR count). The van der Waals surface area contributed by atoms with Crippen molar-refractivity contribution >= 4 is 21.7 Å². The Balaban J connectivity index is 2.62. The maximum absolute atomic E-state index is 12.2. The highest BCUT2D eigenvalue weighted by Gasteiger charge is 2.21. The van der Waals surface area contributed by atoms with Crippen molar-refractivity contribution in [1.82, 2.24) is 14.5 Å². The van der Waals surface area contributed by atoms with Gasteiger partial charge in [0.2, 0.25) is 0 Å². The van der Waals surface area contributed by atoms with E-state index in [0.717, 1.165) is 27.4 Å². The molecule has 0 aliphatic heterocycles. The highest BCUT2D eigenvalue weighted by atomic mass is 16.1. The summed E-state index contributed by atoms with van der Waals surface area (Å²) in [5, 5.41) is 3.08. The minimum atomic E-state index is -0.223. The fraction of sp³-hybridized carbons (Fsp3) is 0.312. The molecule has 0 saturated carbocycles. The average Bonchev–Trinajstić information content (AvgIpc) is 2.40. The van der Waals surface area contributed by atoms with E-state index in [0.29, 0.717) is 0 Å². The monoisotopic (exact) mass is 267 g/mol. The summed E-state index contributed by atoms with van der Waals surface area (Å²) < 4.78 is 1.61. The molecule has 0 unspecified atom stereocenters. The SMILES string of the molecule is Cn1c(=O)nc(C(C)(C)C)c2ccc3ccncc3c21. The zero-order chi connectivity index (χ0) is 14.5. The van der Waals surface area contributed by atoms with Crippen molar-refractivity contribution in [2.45, 2.75) is 26.2 Å². The summed E-state index contributed by atoms with van der Waals surface area (Å²) in [6, 6.07) is 6.06. The van der Waals surface area contributed by atoms with Gasteiger partial charge in [-0.25, -0.2) is 4.79 Å². The summed E-state index contributed by atoms with van der Waals surface area (Å²) in [5.41, 5.74) is 1.34. The topological polar surface area (TPSA) is 47.8 Å². The standard InChI is InChI=1S/C16H17N3O/c1-16(2,3)14-11-6-5-10-7-8-17-9-12(10)13(11)19(4)15(20)18-14/h5-9H,1-4H3. The molecule has 1 aromatic carbocycles. The molecule has 20 heavy (non-hydrogen) atoms. The molecule has 0 aliphatic carbocycles. The summed E-state index contributed by atoms with van der Waals surface area (Å²) in [6.45, 7) is 6.21. The first-order valence-corrected chi connectivity index (χ1v) is 6.63. The van der Waals surface area contributed by atoms with Crippen molar-refractivity contribution in [2.24, 2.45) is 7.05 Å². The molecule has 0 fully saturated rings. The number of aryl methyl sites for hydroxylation is 1. The minimum Gasteiger partial charge on any atom is -0.294 e. The van der Waals surface area contributed by atoms with Gasteiger partial charge in [0.05, 0.1) is 11.2 Å². The smallest absolute Gasteiger partial charge is 0.294 e. The maximum atomic E-state index is 12.2. The van der Waals surface area contributed by atoms with Crippen molar-refractivity contribution in [2.75, 3.05) is 0 Å². The predicted octanol–water partition coefficient (Wildman–Crippen LogP) is 2.78. The Hall–Kier alpha value is -2.23. The van der Waals surface area contributed by atoms with Gasteiger partial charge in [-0.1, -0.05) is 32.9 Å². The molecule has 0 bridgehead atoms. The highest BCUT2D eigenvalue weighted by Crippen LogP contribution is 2.30. The lowest BCUT2D eigenvalue weighted by molar-refractivity contribution is 0.567. The molecular formula is C16H17N3O. The first-order chi connectivity index (χ1) is 9.39. The van der Waals surface area contributed by atoms with Gasteiger partial charge in [0, 0.05) is 35.6 Å². The molecular weight excluding hydrogens is 250 g/mol. The van der Waals surface area contributed by atoms with Gasteiger partial charge in [-0.15, -0.1) is 0 Å². The summed E-state index contributed by atoms with van der Waals surface area (Å²) in [5.74, 6) is 0. The number of rotatable bonds is 0. The van der Waals surface area contributed by atoms with Gasteiger partial charge in [-0.2, -0.15) is 4.98 Å². The van der Waals surface area contributed by atoms with E-state index < -0.39 is 0 Å². The van der Waals surface area contributed by atoms with Crippen LogP contribution >= 0.6 is 0 Å². The molecule has 0 atom stereocenters. The normalized spacial score (nSPS) is 12.2. The number of fused-ring (bicyclic) bond motifs is 3. The lowest BCUT2D eigenvalue weighted by atomic mass is 9.88. The van der Waals surface area contributed by atoms with E-state index in [4.69, 9.17) is 0 Å². The third-order valence-corrected chi connectivity index (χ3v) is 3.59. The van der Waals surface area contributed by atoms with Crippen LogP contribution in [0.2, 0.25) is 0 Å². The van der Waals surface area contributed by atoms with E-state index in [-0.39, 0.29) is 11.1 Å². The summed E-state index contributed by atoms with van der Waals surface area (Å²) in [4.78, 5) is 20.6. The number of aromatic nitrogens is 3. The molecule has 2 heterocycles. The van der Waals surface area contributed by atoms with Gasteiger partial charge in [0.25, 0.3) is 0 Å². The van der Waals surface area contributed by atoms with E-state index in [2.05, 4.69) is 36.8 Å². The van der Waals surface area contributed by atoms with Gasteiger partial charge >= 0.3 is 5.69 Å². The molecule has 0 radical (unpaired) electrons. The molecule has 4 nitrogen and oxygen atoms in total. The Morgan fingerprint density at radius 1 is 1.10 bits per heavy atom. The number of nitrogens with zero attached hydrogens (tertiary/aromatic N) is 3. The van der Waals surface area contributed by atoms with Crippen LogP contribution < -0.4 is 5.69 Å². The second-order valence-electron chi connectivity index (χ2n) is 6.11. The van der Waals surface area contributed by atoms with Crippen molar-refractivity contribution in [3.63, 3.8) is 0 Å². The quantitative estimate of drug-likeness (QED) is 0.588. The predicted molar refractivity (Wildman–Crippen MR) is 81.0 cm³/mol.